The highest BCUT2D eigenvalue weighted by Crippen LogP contribution is 2.45. The number of carbonyl (C=O) groups excluding carboxylic acids is 1. The quantitative estimate of drug-likeness (QED) is 0.260. The van der Waals surface area contributed by atoms with Crippen LogP contribution in [0.2, 0.25) is 0 Å². The van der Waals surface area contributed by atoms with Crippen molar-refractivity contribution in [1.82, 2.24) is 0 Å². The summed E-state index contributed by atoms with van der Waals surface area (Å²) in [7, 11) is -3.10. The third kappa shape index (κ3) is 8.94. The van der Waals surface area contributed by atoms with Crippen LogP contribution in [0.4, 0.5) is 0 Å². The zero-order valence-electron chi connectivity index (χ0n) is 19.8. The van der Waals surface area contributed by atoms with E-state index in [9.17, 15) is 9.36 Å². The summed E-state index contributed by atoms with van der Waals surface area (Å²) in [6, 6.07) is 0. The second kappa shape index (κ2) is 9.59. The van der Waals surface area contributed by atoms with Gasteiger partial charge >= 0.3 is 14.2 Å². The molecule has 28 heavy (non-hydrogen) atoms. The molecule has 6 nitrogen and oxygen atoms in total. The van der Waals surface area contributed by atoms with Crippen molar-refractivity contribution in [2.75, 3.05) is 6.61 Å². The Bertz CT molecular complexity index is 548. The van der Waals surface area contributed by atoms with Gasteiger partial charge in [-0.25, -0.2) is 0 Å². The second-order valence-electron chi connectivity index (χ2n) is 10.8. The van der Waals surface area contributed by atoms with Gasteiger partial charge in [0.25, 0.3) is 0 Å². The van der Waals surface area contributed by atoms with Gasteiger partial charge in [0.05, 0.1) is 12.0 Å². The van der Waals surface area contributed by atoms with Crippen LogP contribution in [0.1, 0.15) is 95.4 Å². The highest BCUT2D eigenvalue weighted by Gasteiger charge is 2.47. The van der Waals surface area contributed by atoms with Crippen LogP contribution in [0.15, 0.2) is 0 Å². The topological polar surface area (TPSA) is 82.1 Å². The van der Waals surface area contributed by atoms with Crippen molar-refractivity contribution in [2.45, 2.75) is 107 Å². The predicted octanol–water partition coefficient (Wildman–Crippen LogP) is 5.73. The first kappa shape index (κ1) is 27.6. The minimum Gasteiger partial charge on any atom is -0.458 e. The van der Waals surface area contributed by atoms with Gasteiger partial charge in [0.1, 0.15) is 5.60 Å². The van der Waals surface area contributed by atoms with Crippen molar-refractivity contribution in [3.63, 3.8) is 0 Å². The van der Waals surface area contributed by atoms with Gasteiger partial charge in [-0.3, -0.25) is 13.9 Å². The molecule has 168 valence electrons. The number of ether oxygens (including phenoxy) is 2. The Morgan fingerprint density at radius 2 is 1.46 bits per heavy atom. The number of hydrogen-bond donors (Lipinski definition) is 1. The maximum absolute atomic E-state index is 13.1. The fourth-order valence-corrected chi connectivity index (χ4v) is 3.52. The van der Waals surface area contributed by atoms with Crippen LogP contribution >= 0.6 is 8.25 Å². The molecule has 0 bridgehead atoms. The summed E-state index contributed by atoms with van der Waals surface area (Å²) in [6.07, 6.45) is 2.05. The van der Waals surface area contributed by atoms with Gasteiger partial charge in [-0.15, -0.1) is 0 Å². The van der Waals surface area contributed by atoms with Gasteiger partial charge in [0.2, 0.25) is 0 Å². The predicted molar refractivity (Wildman–Crippen MR) is 113 cm³/mol. The minimum absolute atomic E-state index is 0.0120. The molecule has 7 heteroatoms. The molecular formula is C21H43O6P. The lowest BCUT2D eigenvalue weighted by molar-refractivity contribution is -0.192. The first-order chi connectivity index (χ1) is 12.3. The van der Waals surface area contributed by atoms with Crippen LogP contribution in [-0.2, 0) is 23.4 Å². The highest BCUT2D eigenvalue weighted by molar-refractivity contribution is 7.32. The Kier molecular flexibility index (Phi) is 9.45. The standard InChI is InChI=1S/C21H43O6P/c1-12-19(7,8)21(11,15-17(2,3)4)26-16(22)18(5,6)13-14-25-20(9,10)27-28(23)24/h28H,12-15H2,1-11H3,(H,23,24). The van der Waals surface area contributed by atoms with E-state index in [0.29, 0.717) is 6.42 Å². The molecule has 0 aromatic heterocycles. The molecule has 0 saturated heterocycles. The first-order valence-electron chi connectivity index (χ1n) is 10.1. The molecule has 0 aliphatic carbocycles. The Hall–Kier alpha value is -0.420. The lowest BCUT2D eigenvalue weighted by Crippen LogP contribution is -2.50. The molecule has 0 spiro atoms. The van der Waals surface area contributed by atoms with E-state index in [1.165, 1.54) is 0 Å². The Balaban J connectivity index is 5.21. The summed E-state index contributed by atoms with van der Waals surface area (Å²) in [4.78, 5) is 22.0. The van der Waals surface area contributed by atoms with Crippen LogP contribution in [0, 0.1) is 16.2 Å². The van der Waals surface area contributed by atoms with Crippen molar-refractivity contribution in [3.8, 4) is 0 Å². The molecule has 0 amide bonds. The molecule has 0 fully saturated rings. The zero-order valence-corrected chi connectivity index (χ0v) is 20.8. The van der Waals surface area contributed by atoms with Gasteiger partial charge in [0, 0.05) is 5.41 Å². The third-order valence-electron chi connectivity index (χ3n) is 5.56. The first-order valence-corrected chi connectivity index (χ1v) is 11.3. The number of rotatable bonds is 11. The number of hydrogen-bond acceptors (Lipinski definition) is 5. The van der Waals surface area contributed by atoms with Gasteiger partial charge in [-0.1, -0.05) is 41.5 Å². The van der Waals surface area contributed by atoms with E-state index in [4.69, 9.17) is 18.9 Å². The van der Waals surface area contributed by atoms with Gasteiger partial charge in [-0.2, -0.15) is 0 Å². The summed E-state index contributed by atoms with van der Waals surface area (Å²) in [5.41, 5.74) is -1.53. The molecule has 0 aromatic rings. The van der Waals surface area contributed by atoms with E-state index in [-0.39, 0.29) is 23.4 Å². The molecule has 0 saturated carbocycles. The smallest absolute Gasteiger partial charge is 0.319 e. The number of carbonyl (C=O) groups is 1. The molecule has 0 heterocycles. The normalized spacial score (nSPS) is 17.1. The van der Waals surface area contributed by atoms with E-state index >= 15 is 0 Å². The number of esters is 1. The van der Waals surface area contributed by atoms with E-state index in [0.717, 1.165) is 12.8 Å². The summed E-state index contributed by atoms with van der Waals surface area (Å²) in [5, 5.41) is 0. The van der Waals surface area contributed by atoms with Crippen LogP contribution in [0.5, 0.6) is 0 Å². The third-order valence-corrected chi connectivity index (χ3v) is 6.23. The van der Waals surface area contributed by atoms with Crippen LogP contribution < -0.4 is 0 Å². The Morgan fingerprint density at radius 1 is 0.964 bits per heavy atom. The summed E-state index contributed by atoms with van der Waals surface area (Å²) >= 11 is 0. The Labute approximate surface area is 172 Å². The SMILES string of the molecule is CCC(C)(C)C(C)(CC(C)(C)C)OC(=O)C(C)(C)CCOC(C)(C)O[PH](=O)O. The van der Waals surface area contributed by atoms with E-state index in [2.05, 4.69) is 41.5 Å². The molecule has 2 unspecified atom stereocenters. The van der Waals surface area contributed by atoms with Gasteiger partial charge in [0.15, 0.2) is 5.79 Å². The van der Waals surface area contributed by atoms with Crippen molar-refractivity contribution in [2.24, 2.45) is 16.2 Å². The van der Waals surface area contributed by atoms with Crippen molar-refractivity contribution >= 4 is 14.2 Å². The fraction of sp³-hybridized carbons (Fsp3) is 0.952. The van der Waals surface area contributed by atoms with E-state index in [1.807, 2.05) is 20.8 Å². The molecular weight excluding hydrogens is 379 g/mol. The highest BCUT2D eigenvalue weighted by atomic mass is 31.1. The summed E-state index contributed by atoms with van der Waals surface area (Å²) < 4.78 is 27.5. The molecule has 0 rings (SSSR count). The maximum atomic E-state index is 13.1. The molecule has 0 radical (unpaired) electrons. The maximum Gasteiger partial charge on any atom is 0.319 e. The zero-order chi connectivity index (χ0) is 22.6. The van der Waals surface area contributed by atoms with Crippen LogP contribution in [0.25, 0.3) is 0 Å². The van der Waals surface area contributed by atoms with Crippen molar-refractivity contribution in [1.29, 1.82) is 0 Å². The van der Waals surface area contributed by atoms with Crippen molar-refractivity contribution < 1.29 is 28.3 Å². The van der Waals surface area contributed by atoms with E-state index in [1.54, 1.807) is 13.8 Å². The van der Waals surface area contributed by atoms with Crippen molar-refractivity contribution in [3.05, 3.63) is 0 Å². The lowest BCUT2D eigenvalue weighted by Gasteiger charge is -2.47. The molecule has 0 aliphatic heterocycles. The average molecular weight is 423 g/mol. The largest absolute Gasteiger partial charge is 0.458 e. The molecule has 2 atom stereocenters. The molecule has 0 aromatic carbocycles. The monoisotopic (exact) mass is 422 g/mol. The van der Waals surface area contributed by atoms with E-state index < -0.39 is 25.1 Å². The van der Waals surface area contributed by atoms with Crippen LogP contribution in [0.3, 0.4) is 0 Å². The fourth-order valence-electron chi connectivity index (χ4n) is 3.04. The second-order valence-corrected chi connectivity index (χ2v) is 11.6. The molecule has 1 N–H and O–H groups in total. The van der Waals surface area contributed by atoms with Gasteiger partial charge in [-0.05, 0) is 59.3 Å². The summed E-state index contributed by atoms with van der Waals surface area (Å²) in [5.74, 6) is -1.45. The minimum atomic E-state index is -3.10. The van der Waals surface area contributed by atoms with Crippen LogP contribution in [-0.4, -0.2) is 28.9 Å². The lowest BCUT2D eigenvalue weighted by atomic mass is 9.67. The summed E-state index contributed by atoms with van der Waals surface area (Å²) in [6.45, 7) is 21.9. The average Bonchev–Trinajstić information content (AvgIpc) is 2.42. The molecule has 0 aliphatic rings. The Morgan fingerprint density at radius 3 is 1.86 bits per heavy atom. The van der Waals surface area contributed by atoms with Gasteiger partial charge < -0.3 is 14.4 Å².